The van der Waals surface area contributed by atoms with Crippen molar-refractivity contribution in [2.75, 3.05) is 7.11 Å². The van der Waals surface area contributed by atoms with Gasteiger partial charge in [0.15, 0.2) is 5.78 Å². The number of aliphatic hydroxyl groups is 2. The number of nitrogens with one attached hydrogen (secondary N) is 1. The van der Waals surface area contributed by atoms with Crippen LogP contribution < -0.4 is 5.32 Å². The second-order valence-electron chi connectivity index (χ2n) is 10.3. The molecular weight excluding hydrogens is 394 g/mol. The van der Waals surface area contributed by atoms with Crippen molar-refractivity contribution in [3.63, 3.8) is 0 Å². The lowest BCUT2D eigenvalue weighted by Gasteiger charge is -2.45. The predicted octanol–water partition coefficient (Wildman–Crippen LogP) is 2.78. The van der Waals surface area contributed by atoms with E-state index in [2.05, 4.69) is 39.1 Å². The predicted molar refractivity (Wildman–Crippen MR) is 119 cm³/mol. The monoisotopic (exact) mass is 433 g/mol. The van der Waals surface area contributed by atoms with E-state index in [1.807, 2.05) is 13.0 Å². The van der Waals surface area contributed by atoms with Crippen molar-refractivity contribution in [2.45, 2.75) is 84.7 Å². The quantitative estimate of drug-likeness (QED) is 0.470. The first kappa shape index (κ1) is 24.1. The molecule has 1 spiro atoms. The van der Waals surface area contributed by atoms with Gasteiger partial charge in [0, 0.05) is 31.4 Å². The highest BCUT2D eigenvalue weighted by Crippen LogP contribution is 2.55. The molecule has 1 heterocycles. The second kappa shape index (κ2) is 9.16. The zero-order valence-electron chi connectivity index (χ0n) is 19.7. The molecule has 0 radical (unpaired) electrons. The van der Waals surface area contributed by atoms with E-state index >= 15 is 0 Å². The average molecular weight is 434 g/mol. The van der Waals surface area contributed by atoms with Gasteiger partial charge in [0.25, 0.3) is 0 Å². The summed E-state index contributed by atoms with van der Waals surface area (Å²) in [5.41, 5.74) is 0.979. The highest BCUT2D eigenvalue weighted by molar-refractivity contribution is 6.09. The molecule has 3 aliphatic rings. The molecule has 3 rings (SSSR count). The lowest BCUT2D eigenvalue weighted by molar-refractivity contribution is -0.149. The van der Waals surface area contributed by atoms with Crippen LogP contribution in [0.2, 0.25) is 0 Å². The normalized spacial score (nSPS) is 43.3. The number of amides is 1. The first-order valence-electron chi connectivity index (χ1n) is 11.6. The fourth-order valence-corrected chi connectivity index (χ4v) is 6.18. The van der Waals surface area contributed by atoms with Crippen LogP contribution in [0.5, 0.6) is 0 Å². The van der Waals surface area contributed by atoms with Crippen LogP contribution in [0.4, 0.5) is 0 Å². The van der Waals surface area contributed by atoms with E-state index in [0.717, 1.165) is 12.0 Å². The Balaban J connectivity index is 2.17. The van der Waals surface area contributed by atoms with Crippen LogP contribution in [-0.2, 0) is 14.3 Å². The van der Waals surface area contributed by atoms with Crippen LogP contribution in [0.25, 0.3) is 0 Å². The average Bonchev–Trinajstić information content (AvgIpc) is 2.96. The van der Waals surface area contributed by atoms with Crippen LogP contribution in [0.15, 0.2) is 23.3 Å². The van der Waals surface area contributed by atoms with Crippen molar-refractivity contribution >= 4 is 11.7 Å². The van der Waals surface area contributed by atoms with Gasteiger partial charge in [-0.15, -0.1) is 0 Å². The van der Waals surface area contributed by atoms with Gasteiger partial charge in [-0.2, -0.15) is 0 Å². The number of rotatable bonds is 3. The van der Waals surface area contributed by atoms with E-state index in [1.54, 1.807) is 0 Å². The number of aliphatic hydroxyl groups excluding tert-OH is 2. The van der Waals surface area contributed by atoms with E-state index in [-0.39, 0.29) is 41.9 Å². The summed E-state index contributed by atoms with van der Waals surface area (Å²) in [5, 5.41) is 24.6. The van der Waals surface area contributed by atoms with Crippen LogP contribution >= 0.6 is 0 Å². The van der Waals surface area contributed by atoms with E-state index in [9.17, 15) is 19.8 Å². The third-order valence-corrected chi connectivity index (χ3v) is 7.79. The van der Waals surface area contributed by atoms with Crippen LogP contribution in [0.3, 0.4) is 0 Å². The number of ketones is 1. The molecule has 31 heavy (non-hydrogen) atoms. The number of ether oxygens (including phenoxy) is 1. The van der Waals surface area contributed by atoms with Gasteiger partial charge in [-0.25, -0.2) is 0 Å². The Labute approximate surface area is 186 Å². The molecule has 0 saturated carbocycles. The number of Topliss-reactive ketones (excluding diaryl/α,β-unsaturated/α-hetero) is 1. The highest BCUT2D eigenvalue weighted by atomic mass is 16.5. The molecule has 4 unspecified atom stereocenters. The van der Waals surface area contributed by atoms with Crippen LogP contribution in [0, 0.1) is 29.1 Å². The zero-order chi connectivity index (χ0) is 23.1. The summed E-state index contributed by atoms with van der Waals surface area (Å²) in [6, 6.07) is -0.0858. The largest absolute Gasteiger partial charge is 0.390 e. The molecule has 0 aromatic carbocycles. The van der Waals surface area contributed by atoms with Crippen molar-refractivity contribution in [3.8, 4) is 0 Å². The van der Waals surface area contributed by atoms with Gasteiger partial charge in [0.1, 0.15) is 11.5 Å². The molecule has 1 saturated heterocycles. The number of allylic oxidation sites excluding steroid dienone is 4. The van der Waals surface area contributed by atoms with Gasteiger partial charge < -0.3 is 20.3 Å². The molecule has 3 N–H and O–H groups in total. The zero-order valence-corrected chi connectivity index (χ0v) is 19.7. The van der Waals surface area contributed by atoms with Gasteiger partial charge >= 0.3 is 0 Å². The first-order chi connectivity index (χ1) is 14.5. The topological polar surface area (TPSA) is 95.9 Å². The van der Waals surface area contributed by atoms with Gasteiger partial charge in [-0.3, -0.25) is 9.59 Å². The molecule has 1 amide bonds. The number of hydrogen-bond acceptors (Lipinski definition) is 5. The van der Waals surface area contributed by atoms with Crippen molar-refractivity contribution in [1.29, 1.82) is 0 Å². The Hall–Kier alpha value is -1.50. The Morgan fingerprint density at radius 2 is 1.87 bits per heavy atom. The maximum absolute atomic E-state index is 13.9. The van der Waals surface area contributed by atoms with E-state index < -0.39 is 23.7 Å². The number of carbonyl (C=O) groups is 2. The minimum absolute atomic E-state index is 0.0719. The van der Waals surface area contributed by atoms with Crippen molar-refractivity contribution in [1.82, 2.24) is 5.32 Å². The molecule has 1 fully saturated rings. The number of carbonyl (C=O) groups excluding carboxylic acids is 2. The smallest absolute Gasteiger partial charge is 0.235 e. The molecule has 6 heteroatoms. The van der Waals surface area contributed by atoms with E-state index in [1.165, 1.54) is 12.7 Å². The Kier molecular flexibility index (Phi) is 7.14. The summed E-state index contributed by atoms with van der Waals surface area (Å²) in [6.07, 6.45) is 2.84. The van der Waals surface area contributed by atoms with E-state index in [0.29, 0.717) is 18.8 Å². The molecule has 0 aromatic rings. The molecule has 6 nitrogen and oxygen atoms in total. The molecule has 8 atom stereocenters. The maximum atomic E-state index is 13.9. The third kappa shape index (κ3) is 4.14. The van der Waals surface area contributed by atoms with Crippen molar-refractivity contribution < 1.29 is 24.5 Å². The molecule has 2 aliphatic carbocycles. The summed E-state index contributed by atoms with van der Waals surface area (Å²) in [6.45, 7) is 10.4. The lowest BCUT2D eigenvalue weighted by Crippen LogP contribution is -2.54. The summed E-state index contributed by atoms with van der Waals surface area (Å²) >= 11 is 0. The van der Waals surface area contributed by atoms with E-state index in [4.69, 9.17) is 4.74 Å². The Morgan fingerprint density at radius 1 is 1.19 bits per heavy atom. The van der Waals surface area contributed by atoms with Crippen molar-refractivity contribution in [3.05, 3.63) is 23.3 Å². The van der Waals surface area contributed by atoms with Gasteiger partial charge in [0.2, 0.25) is 5.91 Å². The van der Waals surface area contributed by atoms with Crippen molar-refractivity contribution in [2.24, 2.45) is 29.1 Å². The van der Waals surface area contributed by atoms with Crippen LogP contribution in [0.1, 0.15) is 60.3 Å². The fourth-order valence-electron chi connectivity index (χ4n) is 6.18. The number of hydrogen-bond donors (Lipinski definition) is 3. The van der Waals surface area contributed by atoms with Gasteiger partial charge in [-0.05, 0) is 44.9 Å². The number of methoxy groups -OCH3 is 1. The summed E-state index contributed by atoms with van der Waals surface area (Å²) < 4.78 is 5.37. The maximum Gasteiger partial charge on any atom is 0.235 e. The van der Waals surface area contributed by atoms with Gasteiger partial charge in [0.05, 0.1) is 12.2 Å². The highest BCUT2D eigenvalue weighted by Gasteiger charge is 2.65. The molecular formula is C25H39NO5. The SMILES string of the molecule is COC1C(O)CC/C(C)=C/[C@H]2C=C(C)[C@@H](C)[C@H]3C(CC(C)C)NC(=O)[C@@]23C(=O)CC1O. The summed E-state index contributed by atoms with van der Waals surface area (Å²) in [7, 11) is 1.43. The molecule has 1 aliphatic heterocycles. The summed E-state index contributed by atoms with van der Waals surface area (Å²) in [4.78, 5) is 27.6. The minimum atomic E-state index is -1.24. The lowest BCUT2D eigenvalue weighted by atomic mass is 9.54. The first-order valence-corrected chi connectivity index (χ1v) is 11.6. The van der Waals surface area contributed by atoms with Crippen LogP contribution in [-0.4, -0.2) is 53.4 Å². The second-order valence-corrected chi connectivity index (χ2v) is 10.3. The molecule has 174 valence electrons. The third-order valence-electron chi connectivity index (χ3n) is 7.79. The standard InChI is InChI=1S/C25H39NO5/c1-13(2)9-18-22-16(5)15(4)11-17-10-14(3)7-8-19(27)23(31-6)20(28)12-21(29)25(17,22)24(30)26-18/h10-11,13,16-20,22-23,27-28H,7-9,12H2,1-6H3,(H,26,30)/b14-10+/t16-,17+,18?,19?,20?,22+,23?,25-/m1/s1. The Bertz CT molecular complexity index is 772. The Morgan fingerprint density at radius 3 is 2.48 bits per heavy atom. The van der Waals surface area contributed by atoms with Gasteiger partial charge in [-0.1, -0.05) is 44.1 Å². The fraction of sp³-hybridized carbons (Fsp3) is 0.760. The molecule has 0 bridgehead atoms. The minimum Gasteiger partial charge on any atom is -0.390 e. The molecule has 0 aromatic heterocycles. The summed E-state index contributed by atoms with van der Waals surface area (Å²) in [5.74, 6) is -0.559.